The lowest BCUT2D eigenvalue weighted by Crippen LogP contribution is -2.41. The largest absolute Gasteiger partial charge is 0.378 e. The van der Waals surface area contributed by atoms with Crippen LogP contribution in [0.3, 0.4) is 0 Å². The van der Waals surface area contributed by atoms with Crippen LogP contribution in [0, 0.1) is 0 Å². The molecule has 8 heteroatoms. The molecule has 0 bridgehead atoms. The first kappa shape index (κ1) is 22.3. The molecule has 0 unspecified atom stereocenters. The molecule has 1 saturated heterocycles. The van der Waals surface area contributed by atoms with Gasteiger partial charge in [-0.05, 0) is 42.8 Å². The molecule has 0 aromatic heterocycles. The number of hydrogen-bond donors (Lipinski definition) is 2. The number of para-hydroxylation sites is 1. The van der Waals surface area contributed by atoms with Crippen molar-refractivity contribution in [3.05, 3.63) is 66.2 Å². The molecule has 1 fully saturated rings. The van der Waals surface area contributed by atoms with Gasteiger partial charge in [0, 0.05) is 31.9 Å². The van der Waals surface area contributed by atoms with Crippen LogP contribution in [0.4, 0.5) is 11.4 Å². The van der Waals surface area contributed by atoms with Gasteiger partial charge in [0.1, 0.15) is 5.25 Å². The van der Waals surface area contributed by atoms with Gasteiger partial charge in [0.25, 0.3) is 0 Å². The van der Waals surface area contributed by atoms with Crippen LogP contribution in [0.2, 0.25) is 0 Å². The number of thioether (sulfide) groups is 1. The predicted octanol–water partition coefficient (Wildman–Crippen LogP) is 3.76. The SMILES string of the molecule is CC(/C=C/c1ccc(N(C)C)cc1)=N\N=C1NC(=O)C[C@@H](C(=O)Nc2ccccc2)S1. The van der Waals surface area contributed by atoms with Crippen molar-refractivity contribution in [1.82, 2.24) is 5.32 Å². The van der Waals surface area contributed by atoms with E-state index in [1.54, 1.807) is 12.1 Å². The molecule has 1 aliphatic heterocycles. The Morgan fingerprint density at radius 1 is 1.16 bits per heavy atom. The molecule has 160 valence electrons. The van der Waals surface area contributed by atoms with Crippen molar-refractivity contribution in [1.29, 1.82) is 0 Å². The zero-order chi connectivity index (χ0) is 22.2. The van der Waals surface area contributed by atoms with Crippen molar-refractivity contribution in [3.8, 4) is 0 Å². The minimum atomic E-state index is -0.561. The number of nitrogens with one attached hydrogen (secondary N) is 2. The second-order valence-corrected chi connectivity index (χ2v) is 8.37. The van der Waals surface area contributed by atoms with E-state index in [0.717, 1.165) is 11.3 Å². The smallest absolute Gasteiger partial charge is 0.238 e. The van der Waals surface area contributed by atoms with E-state index in [1.807, 2.05) is 80.5 Å². The first-order valence-electron chi connectivity index (χ1n) is 9.81. The summed E-state index contributed by atoms with van der Waals surface area (Å²) in [5.74, 6) is -0.490. The third-order valence-electron chi connectivity index (χ3n) is 4.43. The number of rotatable bonds is 6. The number of anilines is 2. The van der Waals surface area contributed by atoms with Gasteiger partial charge >= 0.3 is 0 Å². The summed E-state index contributed by atoms with van der Waals surface area (Å²) in [4.78, 5) is 26.6. The van der Waals surface area contributed by atoms with E-state index in [4.69, 9.17) is 0 Å². The van der Waals surface area contributed by atoms with Gasteiger partial charge in [-0.3, -0.25) is 9.59 Å². The molecule has 1 atom stereocenters. The van der Waals surface area contributed by atoms with E-state index < -0.39 is 5.25 Å². The second kappa shape index (κ2) is 10.6. The number of allylic oxidation sites excluding steroid dienone is 1. The molecule has 0 spiro atoms. The summed E-state index contributed by atoms with van der Waals surface area (Å²) < 4.78 is 0. The molecule has 2 aromatic carbocycles. The highest BCUT2D eigenvalue weighted by molar-refractivity contribution is 8.15. The van der Waals surface area contributed by atoms with E-state index in [1.165, 1.54) is 11.8 Å². The molecular formula is C23H25N5O2S. The number of nitrogens with zero attached hydrogens (tertiary/aromatic N) is 3. The Kier molecular flexibility index (Phi) is 7.61. The van der Waals surface area contributed by atoms with Crippen molar-refractivity contribution in [2.75, 3.05) is 24.3 Å². The summed E-state index contributed by atoms with van der Waals surface area (Å²) >= 11 is 1.19. The molecule has 7 nitrogen and oxygen atoms in total. The highest BCUT2D eigenvalue weighted by Crippen LogP contribution is 2.22. The fourth-order valence-electron chi connectivity index (χ4n) is 2.74. The van der Waals surface area contributed by atoms with Crippen molar-refractivity contribution < 1.29 is 9.59 Å². The second-order valence-electron chi connectivity index (χ2n) is 7.18. The van der Waals surface area contributed by atoms with Crippen LogP contribution in [-0.2, 0) is 9.59 Å². The molecule has 2 amide bonds. The summed E-state index contributed by atoms with van der Waals surface area (Å²) in [5, 5.41) is 13.5. The molecule has 3 rings (SSSR count). The molecular weight excluding hydrogens is 410 g/mol. The molecule has 1 heterocycles. The number of amides is 2. The fraction of sp³-hybridized carbons (Fsp3) is 0.217. The van der Waals surface area contributed by atoms with Gasteiger partial charge in [-0.25, -0.2) is 0 Å². The highest BCUT2D eigenvalue weighted by Gasteiger charge is 2.30. The van der Waals surface area contributed by atoms with Crippen molar-refractivity contribution in [2.24, 2.45) is 10.2 Å². The Morgan fingerprint density at radius 2 is 1.87 bits per heavy atom. The van der Waals surface area contributed by atoms with Gasteiger partial charge in [-0.15, -0.1) is 5.10 Å². The minimum absolute atomic E-state index is 0.0912. The standard InChI is InChI=1S/C23H25N5O2S/c1-16(9-10-17-11-13-19(14-12-17)28(2)3)26-27-23-25-21(29)15-20(31-23)22(30)24-18-7-5-4-6-8-18/h4-14,20H,15H2,1-3H3,(H,24,30)(H,25,27,29)/b10-9+,26-16+/t20-/m0/s1. The summed E-state index contributed by atoms with van der Waals surface area (Å²) in [6, 6.07) is 17.3. The summed E-state index contributed by atoms with van der Waals surface area (Å²) in [6.07, 6.45) is 3.89. The lowest BCUT2D eigenvalue weighted by Gasteiger charge is -2.21. The minimum Gasteiger partial charge on any atom is -0.378 e. The van der Waals surface area contributed by atoms with Crippen LogP contribution in [0.25, 0.3) is 6.08 Å². The fourth-order valence-corrected chi connectivity index (χ4v) is 3.67. The Labute approximate surface area is 186 Å². The summed E-state index contributed by atoms with van der Waals surface area (Å²) in [6.45, 7) is 1.82. The third kappa shape index (κ3) is 6.82. The zero-order valence-electron chi connectivity index (χ0n) is 17.7. The normalized spacial score (nSPS) is 18.2. The predicted molar refractivity (Wildman–Crippen MR) is 130 cm³/mol. The number of carbonyl (C=O) groups is 2. The monoisotopic (exact) mass is 435 g/mol. The van der Waals surface area contributed by atoms with Gasteiger partial charge in [0.15, 0.2) is 5.17 Å². The van der Waals surface area contributed by atoms with E-state index >= 15 is 0 Å². The van der Waals surface area contributed by atoms with Gasteiger partial charge in [0.2, 0.25) is 11.8 Å². The van der Waals surface area contributed by atoms with E-state index in [9.17, 15) is 9.59 Å². The third-order valence-corrected chi connectivity index (χ3v) is 5.50. The maximum absolute atomic E-state index is 12.5. The Bertz CT molecular complexity index is 1010. The Balaban J connectivity index is 1.62. The molecule has 0 aliphatic carbocycles. The molecule has 2 N–H and O–H groups in total. The molecule has 31 heavy (non-hydrogen) atoms. The van der Waals surface area contributed by atoms with Crippen molar-refractivity contribution >= 4 is 51.9 Å². The topological polar surface area (TPSA) is 86.2 Å². The van der Waals surface area contributed by atoms with Gasteiger partial charge in [0.05, 0.1) is 5.71 Å². The zero-order valence-corrected chi connectivity index (χ0v) is 18.5. The average Bonchev–Trinajstić information content (AvgIpc) is 2.77. The quantitative estimate of drug-likeness (QED) is 0.534. The van der Waals surface area contributed by atoms with Crippen molar-refractivity contribution in [3.63, 3.8) is 0 Å². The average molecular weight is 436 g/mol. The number of hydrogen-bond acceptors (Lipinski definition) is 6. The van der Waals surface area contributed by atoms with Crippen LogP contribution in [0.5, 0.6) is 0 Å². The molecule has 2 aromatic rings. The molecule has 0 radical (unpaired) electrons. The van der Waals surface area contributed by atoms with Crippen molar-refractivity contribution in [2.45, 2.75) is 18.6 Å². The molecule has 0 saturated carbocycles. The van der Waals surface area contributed by atoms with Crippen LogP contribution in [-0.4, -0.2) is 42.0 Å². The van der Waals surface area contributed by atoms with Gasteiger partial charge in [-0.2, -0.15) is 5.10 Å². The van der Waals surface area contributed by atoms with E-state index in [0.29, 0.717) is 16.6 Å². The first-order valence-corrected chi connectivity index (χ1v) is 10.7. The first-order chi connectivity index (χ1) is 14.9. The van der Waals surface area contributed by atoms with E-state index in [-0.39, 0.29) is 18.2 Å². The maximum Gasteiger partial charge on any atom is 0.238 e. The van der Waals surface area contributed by atoms with Gasteiger partial charge < -0.3 is 15.5 Å². The lowest BCUT2D eigenvalue weighted by molar-refractivity contribution is -0.123. The van der Waals surface area contributed by atoms with E-state index in [2.05, 4.69) is 20.8 Å². The number of benzene rings is 2. The van der Waals surface area contributed by atoms with Crippen LogP contribution >= 0.6 is 11.8 Å². The Morgan fingerprint density at radius 3 is 2.55 bits per heavy atom. The number of amidine groups is 1. The van der Waals surface area contributed by atoms with Crippen LogP contribution in [0.1, 0.15) is 18.9 Å². The highest BCUT2D eigenvalue weighted by atomic mass is 32.2. The summed E-state index contributed by atoms with van der Waals surface area (Å²) in [7, 11) is 4.00. The Hall–Kier alpha value is -3.39. The number of carbonyl (C=O) groups excluding carboxylic acids is 2. The summed E-state index contributed by atoms with van der Waals surface area (Å²) in [5.41, 5.74) is 3.54. The van der Waals surface area contributed by atoms with Gasteiger partial charge in [-0.1, -0.05) is 48.2 Å². The van der Waals surface area contributed by atoms with Crippen LogP contribution < -0.4 is 15.5 Å². The molecule has 1 aliphatic rings. The van der Waals surface area contributed by atoms with Crippen LogP contribution in [0.15, 0.2) is 70.9 Å². The maximum atomic E-state index is 12.5. The lowest BCUT2D eigenvalue weighted by atomic mass is 10.2.